The van der Waals surface area contributed by atoms with Crippen LogP contribution in [0.25, 0.3) is 5.69 Å². The van der Waals surface area contributed by atoms with Gasteiger partial charge in [-0.3, -0.25) is 19.0 Å². The lowest BCUT2D eigenvalue weighted by Crippen LogP contribution is -2.12. The van der Waals surface area contributed by atoms with Crippen LogP contribution in [0.1, 0.15) is 41.5 Å². The van der Waals surface area contributed by atoms with Crippen molar-refractivity contribution in [2.45, 2.75) is 38.0 Å². The van der Waals surface area contributed by atoms with Gasteiger partial charge in [0.2, 0.25) is 0 Å². The molecule has 0 aliphatic heterocycles. The highest BCUT2D eigenvalue weighted by Gasteiger charge is 2.42. The molecule has 3 heterocycles. The van der Waals surface area contributed by atoms with Crippen LogP contribution in [0.5, 0.6) is 0 Å². The number of H-pyrrole nitrogens is 1. The Bertz CT molecular complexity index is 1320. The van der Waals surface area contributed by atoms with E-state index in [0.717, 1.165) is 18.4 Å². The molecule has 0 spiro atoms. The highest BCUT2D eigenvalue weighted by Crippen LogP contribution is 2.47. The average Bonchev–Trinajstić information content (AvgIpc) is 3.22. The first-order chi connectivity index (χ1) is 15.3. The Morgan fingerprint density at radius 3 is 2.59 bits per heavy atom. The number of aromatic amines is 1. The van der Waals surface area contributed by atoms with E-state index in [-0.39, 0.29) is 17.5 Å². The number of aromatic nitrogens is 7. The molecular weight excluding hydrogens is 463 g/mol. The first kappa shape index (κ1) is 21.0. The number of rotatable bonds is 6. The second-order valence-electron chi connectivity index (χ2n) is 7.64. The van der Waals surface area contributed by atoms with Gasteiger partial charge in [0.25, 0.3) is 0 Å². The monoisotopic (exact) mass is 479 g/mol. The molecule has 0 bridgehead atoms. The summed E-state index contributed by atoms with van der Waals surface area (Å²) >= 11 is 11.5. The summed E-state index contributed by atoms with van der Waals surface area (Å²) < 4.78 is 45.1. The van der Waals surface area contributed by atoms with Crippen molar-refractivity contribution >= 4 is 23.8 Å². The molecule has 0 amide bonds. The van der Waals surface area contributed by atoms with Crippen molar-refractivity contribution in [3.05, 3.63) is 75.3 Å². The third kappa shape index (κ3) is 3.97. The molecule has 0 radical (unpaired) electrons. The number of alkyl halides is 3. The standard InChI is InChI=1S/C20H17ClF3N7S/c21-16-17(13-6-7-13)30(28-18(16)20(22,23)24)11-15-26-27-19(32)31(15)14-8-25-29(10-14)9-12-4-2-1-3-5-12/h1-5,8,10,13H,6-7,9,11H2,(H,27,32). The van der Waals surface area contributed by atoms with E-state index < -0.39 is 11.9 Å². The molecule has 12 heteroatoms. The van der Waals surface area contributed by atoms with E-state index in [1.54, 1.807) is 21.6 Å². The highest BCUT2D eigenvalue weighted by molar-refractivity contribution is 7.71. The van der Waals surface area contributed by atoms with Crippen LogP contribution in [-0.2, 0) is 19.3 Å². The van der Waals surface area contributed by atoms with Crippen LogP contribution in [0.15, 0.2) is 42.7 Å². The molecule has 3 aromatic heterocycles. The van der Waals surface area contributed by atoms with E-state index in [1.807, 2.05) is 30.3 Å². The van der Waals surface area contributed by atoms with Gasteiger partial charge in [-0.05, 0) is 30.6 Å². The van der Waals surface area contributed by atoms with Gasteiger partial charge in [-0.2, -0.15) is 28.5 Å². The summed E-state index contributed by atoms with van der Waals surface area (Å²) in [5.74, 6) is 0.374. The van der Waals surface area contributed by atoms with Crippen LogP contribution in [0.3, 0.4) is 0 Å². The lowest BCUT2D eigenvalue weighted by atomic mass is 10.2. The molecule has 166 valence electrons. The summed E-state index contributed by atoms with van der Waals surface area (Å²) in [7, 11) is 0. The summed E-state index contributed by atoms with van der Waals surface area (Å²) in [4.78, 5) is 0. The summed E-state index contributed by atoms with van der Waals surface area (Å²) in [6.07, 6.45) is 0.372. The zero-order chi connectivity index (χ0) is 22.5. The molecule has 1 fully saturated rings. The fraction of sp³-hybridized carbons (Fsp3) is 0.300. The van der Waals surface area contributed by atoms with Gasteiger partial charge in [-0.15, -0.1) is 0 Å². The zero-order valence-electron chi connectivity index (χ0n) is 16.6. The van der Waals surface area contributed by atoms with E-state index >= 15 is 0 Å². The van der Waals surface area contributed by atoms with Crippen molar-refractivity contribution in [2.75, 3.05) is 0 Å². The van der Waals surface area contributed by atoms with Crippen LogP contribution in [-0.4, -0.2) is 34.3 Å². The Kier molecular flexibility index (Phi) is 5.17. The summed E-state index contributed by atoms with van der Waals surface area (Å²) in [5.41, 5.74) is 1.05. The van der Waals surface area contributed by atoms with Gasteiger partial charge in [0.1, 0.15) is 6.54 Å². The smallest absolute Gasteiger partial charge is 0.267 e. The van der Waals surface area contributed by atoms with Gasteiger partial charge in [0, 0.05) is 12.1 Å². The molecule has 5 rings (SSSR count). The largest absolute Gasteiger partial charge is 0.436 e. The van der Waals surface area contributed by atoms with E-state index in [0.29, 0.717) is 28.5 Å². The van der Waals surface area contributed by atoms with Crippen molar-refractivity contribution in [3.63, 3.8) is 0 Å². The number of hydrogen-bond acceptors (Lipinski definition) is 4. The summed E-state index contributed by atoms with van der Waals surface area (Å²) in [6, 6.07) is 9.83. The molecule has 32 heavy (non-hydrogen) atoms. The maximum absolute atomic E-state index is 13.4. The molecule has 0 saturated heterocycles. The minimum Gasteiger partial charge on any atom is -0.267 e. The average molecular weight is 480 g/mol. The quantitative estimate of drug-likeness (QED) is 0.396. The molecular formula is C20H17ClF3N7S. The first-order valence-electron chi connectivity index (χ1n) is 9.87. The van der Waals surface area contributed by atoms with E-state index in [2.05, 4.69) is 20.4 Å². The van der Waals surface area contributed by atoms with Gasteiger partial charge in [0.05, 0.1) is 29.1 Å². The van der Waals surface area contributed by atoms with Gasteiger partial charge in [-0.25, -0.2) is 0 Å². The van der Waals surface area contributed by atoms with Crippen molar-refractivity contribution in [1.82, 2.24) is 34.3 Å². The lowest BCUT2D eigenvalue weighted by molar-refractivity contribution is -0.141. The van der Waals surface area contributed by atoms with Gasteiger partial charge < -0.3 is 0 Å². The second-order valence-corrected chi connectivity index (χ2v) is 8.40. The number of hydrogen-bond donors (Lipinski definition) is 1. The van der Waals surface area contributed by atoms with Crippen molar-refractivity contribution in [3.8, 4) is 5.69 Å². The molecule has 1 aromatic carbocycles. The maximum atomic E-state index is 13.4. The third-order valence-electron chi connectivity index (χ3n) is 5.26. The summed E-state index contributed by atoms with van der Waals surface area (Å²) in [6.45, 7) is 0.551. The fourth-order valence-electron chi connectivity index (χ4n) is 3.66. The fourth-order valence-corrected chi connectivity index (χ4v) is 4.32. The van der Waals surface area contributed by atoms with E-state index in [9.17, 15) is 13.2 Å². The van der Waals surface area contributed by atoms with Crippen LogP contribution < -0.4 is 0 Å². The van der Waals surface area contributed by atoms with Crippen LogP contribution in [0.2, 0.25) is 5.02 Å². The number of halogens is 4. The van der Waals surface area contributed by atoms with Crippen molar-refractivity contribution in [2.24, 2.45) is 0 Å². The van der Waals surface area contributed by atoms with Crippen molar-refractivity contribution < 1.29 is 13.2 Å². The Balaban J connectivity index is 1.48. The molecule has 7 nitrogen and oxygen atoms in total. The van der Waals surface area contributed by atoms with Crippen LogP contribution in [0, 0.1) is 4.77 Å². The van der Waals surface area contributed by atoms with Crippen LogP contribution >= 0.6 is 23.8 Å². The molecule has 1 aliphatic rings. The molecule has 4 aromatic rings. The number of benzene rings is 1. The summed E-state index contributed by atoms with van der Waals surface area (Å²) in [5, 5.41) is 14.8. The Morgan fingerprint density at radius 2 is 1.91 bits per heavy atom. The maximum Gasteiger partial charge on any atom is 0.436 e. The van der Waals surface area contributed by atoms with Gasteiger partial charge >= 0.3 is 6.18 Å². The zero-order valence-corrected chi connectivity index (χ0v) is 18.1. The predicted octanol–water partition coefficient (Wildman–Crippen LogP) is 4.97. The Morgan fingerprint density at radius 1 is 1.16 bits per heavy atom. The molecule has 0 atom stereocenters. The third-order valence-corrected chi connectivity index (χ3v) is 5.91. The first-order valence-corrected chi connectivity index (χ1v) is 10.7. The van der Waals surface area contributed by atoms with Crippen molar-refractivity contribution in [1.29, 1.82) is 0 Å². The van der Waals surface area contributed by atoms with E-state index in [1.165, 1.54) is 4.68 Å². The molecule has 1 aliphatic carbocycles. The normalized spacial score (nSPS) is 14.2. The lowest BCUT2D eigenvalue weighted by Gasteiger charge is -2.08. The van der Waals surface area contributed by atoms with Crippen LogP contribution in [0.4, 0.5) is 13.2 Å². The SMILES string of the molecule is FC(F)(F)c1nn(Cc2n[nH]c(=S)n2-c2cnn(Cc3ccccc3)c2)c(C2CC2)c1Cl. The number of nitrogens with one attached hydrogen (secondary N) is 1. The second kappa shape index (κ2) is 7.89. The highest BCUT2D eigenvalue weighted by atomic mass is 35.5. The molecule has 1 saturated carbocycles. The number of nitrogens with zero attached hydrogens (tertiary/aromatic N) is 6. The van der Waals surface area contributed by atoms with E-state index in [4.69, 9.17) is 23.8 Å². The van der Waals surface area contributed by atoms with Gasteiger partial charge in [-0.1, -0.05) is 41.9 Å². The minimum atomic E-state index is -4.63. The molecule has 1 N–H and O–H groups in total. The predicted molar refractivity (Wildman–Crippen MR) is 113 cm³/mol. The van der Waals surface area contributed by atoms with Gasteiger partial charge in [0.15, 0.2) is 16.3 Å². The topological polar surface area (TPSA) is 69.2 Å². The Labute approximate surface area is 190 Å². The minimum absolute atomic E-state index is 0.0152. The molecule has 0 unspecified atom stereocenters. The Hall–Kier alpha value is -2.92.